The molecule has 1 fully saturated rings. The summed E-state index contributed by atoms with van der Waals surface area (Å²) in [5.41, 5.74) is -0.111. The van der Waals surface area contributed by atoms with E-state index in [0.29, 0.717) is 6.04 Å². The van der Waals surface area contributed by atoms with Crippen molar-refractivity contribution in [2.45, 2.75) is 58.1 Å². The smallest absolute Gasteiger partial charge is 0.0787 e. The van der Waals surface area contributed by atoms with Crippen molar-refractivity contribution >= 4 is 0 Å². The van der Waals surface area contributed by atoms with Crippen molar-refractivity contribution in [2.24, 2.45) is 5.92 Å². The van der Waals surface area contributed by atoms with Gasteiger partial charge in [0.2, 0.25) is 0 Å². The predicted octanol–water partition coefficient (Wildman–Crippen LogP) is 2.51. The number of methoxy groups -OCH3 is 1. The maximum atomic E-state index is 5.63. The number of nitrogens with one attached hydrogen (secondary N) is 1. The van der Waals surface area contributed by atoms with Gasteiger partial charge in [0, 0.05) is 26.2 Å². The van der Waals surface area contributed by atoms with Crippen molar-refractivity contribution in [3.63, 3.8) is 0 Å². The number of hydrogen-bond donors (Lipinski definition) is 1. The largest absolute Gasteiger partial charge is 0.377 e. The summed E-state index contributed by atoms with van der Waals surface area (Å²) in [5.74, 6) is 0.919. The van der Waals surface area contributed by atoms with Crippen LogP contribution in [-0.2, 0) is 4.74 Å². The molecule has 1 unspecified atom stereocenters. The second-order valence-corrected chi connectivity index (χ2v) is 6.29. The fourth-order valence-corrected chi connectivity index (χ4v) is 2.94. The lowest BCUT2D eigenvalue weighted by Gasteiger charge is -2.36. The lowest BCUT2D eigenvalue weighted by Crippen LogP contribution is -2.54. The van der Waals surface area contributed by atoms with Gasteiger partial charge in [0.1, 0.15) is 0 Å². The molecule has 0 radical (unpaired) electrons. The van der Waals surface area contributed by atoms with Gasteiger partial charge < -0.3 is 15.0 Å². The Hall–Kier alpha value is -0.120. The molecule has 0 bridgehead atoms. The van der Waals surface area contributed by atoms with Gasteiger partial charge in [-0.25, -0.2) is 0 Å². The lowest BCUT2D eigenvalue weighted by molar-refractivity contribution is -0.0184. The Kier molecular flexibility index (Phi) is 6.61. The summed E-state index contributed by atoms with van der Waals surface area (Å²) in [7, 11) is 4.05. The van der Waals surface area contributed by atoms with Crippen LogP contribution < -0.4 is 5.32 Å². The number of hydrogen-bond acceptors (Lipinski definition) is 3. The van der Waals surface area contributed by atoms with Crippen LogP contribution in [0.2, 0.25) is 0 Å². The summed E-state index contributed by atoms with van der Waals surface area (Å²) in [4.78, 5) is 2.48. The van der Waals surface area contributed by atoms with Crippen molar-refractivity contribution in [1.82, 2.24) is 10.2 Å². The SMILES string of the molecule is CCNC(CN(C)CC1CCCC1)C(C)(C)OC. The van der Waals surface area contributed by atoms with Gasteiger partial charge in [-0.15, -0.1) is 0 Å². The number of ether oxygens (including phenoxy) is 1. The maximum Gasteiger partial charge on any atom is 0.0787 e. The Labute approximate surface area is 113 Å². The molecule has 1 aliphatic rings. The van der Waals surface area contributed by atoms with Crippen LogP contribution in [-0.4, -0.2) is 50.3 Å². The molecule has 0 heterocycles. The molecule has 1 atom stereocenters. The van der Waals surface area contributed by atoms with E-state index in [-0.39, 0.29) is 5.60 Å². The van der Waals surface area contributed by atoms with E-state index in [1.165, 1.54) is 32.2 Å². The van der Waals surface area contributed by atoms with Crippen LogP contribution in [0.1, 0.15) is 46.5 Å². The molecule has 108 valence electrons. The predicted molar refractivity (Wildman–Crippen MR) is 78.0 cm³/mol. The van der Waals surface area contributed by atoms with Crippen molar-refractivity contribution in [2.75, 3.05) is 33.8 Å². The highest BCUT2D eigenvalue weighted by Crippen LogP contribution is 2.25. The topological polar surface area (TPSA) is 24.5 Å². The molecule has 0 aliphatic heterocycles. The van der Waals surface area contributed by atoms with Crippen LogP contribution in [0.15, 0.2) is 0 Å². The van der Waals surface area contributed by atoms with E-state index in [2.05, 4.69) is 38.0 Å². The van der Waals surface area contributed by atoms with Gasteiger partial charge in [0.15, 0.2) is 0 Å². The van der Waals surface area contributed by atoms with E-state index in [1.54, 1.807) is 7.11 Å². The van der Waals surface area contributed by atoms with E-state index < -0.39 is 0 Å². The summed E-state index contributed by atoms with van der Waals surface area (Å²) < 4.78 is 5.63. The summed E-state index contributed by atoms with van der Waals surface area (Å²) >= 11 is 0. The third kappa shape index (κ3) is 4.87. The molecule has 18 heavy (non-hydrogen) atoms. The summed E-state index contributed by atoms with van der Waals surface area (Å²) in [6, 6.07) is 0.388. The minimum Gasteiger partial charge on any atom is -0.377 e. The van der Waals surface area contributed by atoms with Crippen LogP contribution in [0.5, 0.6) is 0 Å². The molecule has 0 amide bonds. The first-order valence-corrected chi connectivity index (χ1v) is 7.46. The Morgan fingerprint density at radius 2 is 1.94 bits per heavy atom. The molecule has 0 spiro atoms. The van der Waals surface area contributed by atoms with Gasteiger partial charge in [0.05, 0.1) is 5.60 Å². The summed E-state index contributed by atoms with van der Waals surface area (Å²) in [6.45, 7) is 9.80. The molecule has 0 saturated heterocycles. The molecule has 0 aromatic rings. The number of nitrogens with zero attached hydrogens (tertiary/aromatic N) is 1. The molecular weight excluding hydrogens is 224 g/mol. The van der Waals surface area contributed by atoms with Crippen molar-refractivity contribution in [3.05, 3.63) is 0 Å². The van der Waals surface area contributed by atoms with Crippen LogP contribution in [0.3, 0.4) is 0 Å². The third-order valence-corrected chi connectivity index (χ3v) is 4.35. The molecule has 1 aliphatic carbocycles. The first kappa shape index (κ1) is 15.9. The van der Waals surface area contributed by atoms with E-state index in [9.17, 15) is 0 Å². The first-order chi connectivity index (χ1) is 8.49. The van der Waals surface area contributed by atoms with Gasteiger partial charge in [-0.3, -0.25) is 0 Å². The molecule has 1 saturated carbocycles. The summed E-state index contributed by atoms with van der Waals surface area (Å²) in [6.07, 6.45) is 5.70. The normalized spacial score (nSPS) is 19.7. The zero-order chi connectivity index (χ0) is 13.6. The van der Waals surface area contributed by atoms with Crippen LogP contribution >= 0.6 is 0 Å². The minimum atomic E-state index is -0.111. The van der Waals surface area contributed by atoms with Gasteiger partial charge in [0.25, 0.3) is 0 Å². The minimum absolute atomic E-state index is 0.111. The molecule has 3 nitrogen and oxygen atoms in total. The Balaban J connectivity index is 2.43. The lowest BCUT2D eigenvalue weighted by atomic mass is 9.97. The van der Waals surface area contributed by atoms with Crippen molar-refractivity contribution < 1.29 is 4.74 Å². The average molecular weight is 256 g/mol. The summed E-state index contributed by atoms with van der Waals surface area (Å²) in [5, 5.41) is 3.56. The fraction of sp³-hybridized carbons (Fsp3) is 1.00. The molecule has 1 N–H and O–H groups in total. The number of likely N-dealkylation sites (N-methyl/N-ethyl adjacent to an activating group) is 2. The Morgan fingerprint density at radius 1 is 1.33 bits per heavy atom. The molecule has 3 heteroatoms. The average Bonchev–Trinajstić information content (AvgIpc) is 2.81. The van der Waals surface area contributed by atoms with E-state index >= 15 is 0 Å². The number of rotatable bonds is 8. The van der Waals surface area contributed by atoms with E-state index in [1.807, 2.05) is 0 Å². The van der Waals surface area contributed by atoms with E-state index in [4.69, 9.17) is 4.74 Å². The van der Waals surface area contributed by atoms with Gasteiger partial charge in [-0.05, 0) is 46.2 Å². The molecule has 1 rings (SSSR count). The molecular formula is C15H32N2O. The van der Waals surface area contributed by atoms with E-state index in [0.717, 1.165) is 19.0 Å². The quantitative estimate of drug-likeness (QED) is 0.722. The zero-order valence-corrected chi connectivity index (χ0v) is 13.0. The van der Waals surface area contributed by atoms with Gasteiger partial charge >= 0.3 is 0 Å². The Morgan fingerprint density at radius 3 is 2.44 bits per heavy atom. The molecule has 0 aromatic carbocycles. The maximum absolute atomic E-state index is 5.63. The van der Waals surface area contributed by atoms with Gasteiger partial charge in [-0.1, -0.05) is 19.8 Å². The molecule has 0 aromatic heterocycles. The zero-order valence-electron chi connectivity index (χ0n) is 13.0. The fourth-order valence-electron chi connectivity index (χ4n) is 2.94. The highest BCUT2D eigenvalue weighted by atomic mass is 16.5. The highest BCUT2D eigenvalue weighted by Gasteiger charge is 2.30. The second kappa shape index (κ2) is 7.46. The van der Waals surface area contributed by atoms with Crippen LogP contribution in [0, 0.1) is 5.92 Å². The second-order valence-electron chi connectivity index (χ2n) is 6.29. The van der Waals surface area contributed by atoms with Crippen LogP contribution in [0.25, 0.3) is 0 Å². The standard InChI is InChI=1S/C15H32N2O/c1-6-16-14(15(2,3)18-5)12-17(4)11-13-9-7-8-10-13/h13-14,16H,6-12H2,1-5H3. The Bertz CT molecular complexity index is 225. The highest BCUT2D eigenvalue weighted by molar-refractivity contribution is 4.87. The van der Waals surface area contributed by atoms with Crippen molar-refractivity contribution in [3.8, 4) is 0 Å². The van der Waals surface area contributed by atoms with Gasteiger partial charge in [-0.2, -0.15) is 0 Å². The van der Waals surface area contributed by atoms with Crippen molar-refractivity contribution in [1.29, 1.82) is 0 Å². The van der Waals surface area contributed by atoms with Crippen LogP contribution in [0.4, 0.5) is 0 Å². The monoisotopic (exact) mass is 256 g/mol. The third-order valence-electron chi connectivity index (χ3n) is 4.35. The first-order valence-electron chi connectivity index (χ1n) is 7.46.